The molecule has 0 radical (unpaired) electrons. The van der Waals surface area contributed by atoms with E-state index in [0.29, 0.717) is 19.6 Å². The molecule has 0 aliphatic heterocycles. The summed E-state index contributed by atoms with van der Waals surface area (Å²) >= 11 is 0. The van der Waals surface area contributed by atoms with Crippen molar-refractivity contribution < 1.29 is 4.79 Å². The highest BCUT2D eigenvalue weighted by Gasteiger charge is 2.15. The summed E-state index contributed by atoms with van der Waals surface area (Å²) in [5.41, 5.74) is 4.40. The maximum Gasteiger partial charge on any atom is 0.331 e. The maximum absolute atomic E-state index is 12.0. The number of carbonyl (C=O) groups is 1. The van der Waals surface area contributed by atoms with Gasteiger partial charge < -0.3 is 10.6 Å². The molecule has 7 heteroatoms. The number of aryl methyl sites for hydroxylation is 1. The zero-order valence-electron chi connectivity index (χ0n) is 11.5. The van der Waals surface area contributed by atoms with Crippen LogP contribution in [0.15, 0.2) is 15.8 Å². The van der Waals surface area contributed by atoms with Crippen LogP contribution in [0, 0.1) is 0 Å². The fourth-order valence-corrected chi connectivity index (χ4v) is 1.85. The number of nitrogens with two attached hydrogens (primary N) is 1. The molecule has 0 saturated carbocycles. The van der Waals surface area contributed by atoms with Crippen LogP contribution in [0.5, 0.6) is 0 Å². The molecular weight excluding hydrogens is 248 g/mol. The van der Waals surface area contributed by atoms with Gasteiger partial charge in [0.25, 0.3) is 5.56 Å². The van der Waals surface area contributed by atoms with Crippen molar-refractivity contribution >= 4 is 11.6 Å². The third-order valence-electron chi connectivity index (χ3n) is 3.01. The average molecular weight is 268 g/mol. The van der Waals surface area contributed by atoms with Crippen molar-refractivity contribution in [2.24, 2.45) is 0 Å². The monoisotopic (exact) mass is 268 g/mol. The van der Waals surface area contributed by atoms with E-state index in [2.05, 4.69) is 0 Å². The van der Waals surface area contributed by atoms with Gasteiger partial charge in [-0.25, -0.2) is 9.36 Å². The Morgan fingerprint density at radius 2 is 1.84 bits per heavy atom. The SMILES string of the molecule is CCN(CC)C(=O)Cn1c(=O)c(N)cn(CC)c1=O. The number of carbonyl (C=O) groups excluding carboxylic acids is 1. The first-order chi connectivity index (χ1) is 8.96. The molecule has 0 aromatic carbocycles. The molecular formula is C12H20N4O3. The fraction of sp³-hybridized carbons (Fsp3) is 0.583. The Morgan fingerprint density at radius 1 is 1.26 bits per heavy atom. The molecule has 0 saturated heterocycles. The summed E-state index contributed by atoms with van der Waals surface area (Å²) in [6.07, 6.45) is 1.31. The second-order valence-electron chi connectivity index (χ2n) is 4.11. The number of nitrogens with zero attached hydrogens (tertiary/aromatic N) is 3. The first-order valence-corrected chi connectivity index (χ1v) is 6.33. The van der Waals surface area contributed by atoms with Crippen LogP contribution in [-0.2, 0) is 17.9 Å². The van der Waals surface area contributed by atoms with E-state index >= 15 is 0 Å². The maximum atomic E-state index is 12.0. The Hall–Kier alpha value is -2.05. The molecule has 1 aromatic rings. The number of anilines is 1. The smallest absolute Gasteiger partial charge is 0.331 e. The van der Waals surface area contributed by atoms with Gasteiger partial charge in [0.2, 0.25) is 5.91 Å². The zero-order valence-corrected chi connectivity index (χ0v) is 11.5. The second-order valence-corrected chi connectivity index (χ2v) is 4.11. The van der Waals surface area contributed by atoms with Gasteiger partial charge in [0.05, 0.1) is 0 Å². The van der Waals surface area contributed by atoms with Gasteiger partial charge in [0.15, 0.2) is 0 Å². The minimum atomic E-state index is -0.616. The number of hydrogen-bond donors (Lipinski definition) is 1. The summed E-state index contributed by atoms with van der Waals surface area (Å²) in [5, 5.41) is 0. The first-order valence-electron chi connectivity index (χ1n) is 6.33. The van der Waals surface area contributed by atoms with Crippen molar-refractivity contribution in [1.82, 2.24) is 14.0 Å². The lowest BCUT2D eigenvalue weighted by atomic mass is 10.4. The van der Waals surface area contributed by atoms with E-state index in [1.807, 2.05) is 13.8 Å². The summed E-state index contributed by atoms with van der Waals surface area (Å²) in [6, 6.07) is 0. The van der Waals surface area contributed by atoms with Crippen LogP contribution >= 0.6 is 0 Å². The van der Waals surface area contributed by atoms with Crippen molar-refractivity contribution in [3.63, 3.8) is 0 Å². The molecule has 106 valence electrons. The van der Waals surface area contributed by atoms with Crippen LogP contribution in [0.2, 0.25) is 0 Å². The molecule has 1 heterocycles. The van der Waals surface area contributed by atoms with Gasteiger partial charge in [-0.3, -0.25) is 14.2 Å². The van der Waals surface area contributed by atoms with Crippen LogP contribution in [0.4, 0.5) is 5.69 Å². The van der Waals surface area contributed by atoms with Crippen molar-refractivity contribution in [2.75, 3.05) is 18.8 Å². The molecule has 7 nitrogen and oxygen atoms in total. The molecule has 1 amide bonds. The topological polar surface area (TPSA) is 90.3 Å². The van der Waals surface area contributed by atoms with Gasteiger partial charge in [-0.2, -0.15) is 0 Å². The normalized spacial score (nSPS) is 10.5. The van der Waals surface area contributed by atoms with Crippen molar-refractivity contribution in [3.05, 3.63) is 27.0 Å². The molecule has 19 heavy (non-hydrogen) atoms. The van der Waals surface area contributed by atoms with E-state index in [1.165, 1.54) is 10.8 Å². The summed E-state index contributed by atoms with van der Waals surface area (Å²) in [6.45, 7) is 6.64. The fourth-order valence-electron chi connectivity index (χ4n) is 1.85. The highest BCUT2D eigenvalue weighted by atomic mass is 16.2. The van der Waals surface area contributed by atoms with E-state index in [9.17, 15) is 14.4 Å². The molecule has 0 aliphatic carbocycles. The number of nitrogen functional groups attached to an aromatic ring is 1. The lowest BCUT2D eigenvalue weighted by molar-refractivity contribution is -0.131. The standard InChI is InChI=1S/C12H20N4O3/c1-4-14(5-2)10(17)8-16-11(18)9(13)7-15(6-3)12(16)19/h7H,4-6,8,13H2,1-3H3. The average Bonchev–Trinajstić information content (AvgIpc) is 2.40. The van der Waals surface area contributed by atoms with Crippen molar-refractivity contribution in [2.45, 2.75) is 33.9 Å². The van der Waals surface area contributed by atoms with Crippen LogP contribution in [0.3, 0.4) is 0 Å². The van der Waals surface area contributed by atoms with E-state index in [1.54, 1.807) is 11.8 Å². The minimum Gasteiger partial charge on any atom is -0.393 e. The third kappa shape index (κ3) is 3.04. The summed E-state index contributed by atoms with van der Waals surface area (Å²) < 4.78 is 2.20. The third-order valence-corrected chi connectivity index (χ3v) is 3.01. The number of likely N-dealkylation sites (N-methyl/N-ethyl adjacent to an activating group) is 1. The number of hydrogen-bond acceptors (Lipinski definition) is 4. The predicted octanol–water partition coefficient (Wildman–Crippen LogP) is -0.519. The summed E-state index contributed by atoms with van der Waals surface area (Å²) in [7, 11) is 0. The number of amides is 1. The van der Waals surface area contributed by atoms with E-state index in [0.717, 1.165) is 4.57 Å². The van der Waals surface area contributed by atoms with Gasteiger partial charge in [-0.1, -0.05) is 0 Å². The molecule has 1 rings (SSSR count). The Labute approximate surface area is 111 Å². The van der Waals surface area contributed by atoms with E-state index in [-0.39, 0.29) is 18.1 Å². The van der Waals surface area contributed by atoms with Crippen molar-refractivity contribution in [3.8, 4) is 0 Å². The molecule has 0 unspecified atom stereocenters. The van der Waals surface area contributed by atoms with Gasteiger partial charge in [-0.05, 0) is 20.8 Å². The minimum absolute atomic E-state index is 0.0335. The van der Waals surface area contributed by atoms with Gasteiger partial charge >= 0.3 is 5.69 Å². The first kappa shape index (κ1) is 15.0. The molecule has 2 N–H and O–H groups in total. The van der Waals surface area contributed by atoms with Crippen molar-refractivity contribution in [1.29, 1.82) is 0 Å². The Bertz CT molecular complexity index is 569. The quantitative estimate of drug-likeness (QED) is 0.778. The highest BCUT2D eigenvalue weighted by Crippen LogP contribution is 1.93. The number of aromatic nitrogens is 2. The van der Waals surface area contributed by atoms with Crippen LogP contribution < -0.4 is 17.0 Å². The highest BCUT2D eigenvalue weighted by molar-refractivity contribution is 5.75. The van der Waals surface area contributed by atoms with Crippen LogP contribution in [0.1, 0.15) is 20.8 Å². The van der Waals surface area contributed by atoms with Crippen LogP contribution in [0.25, 0.3) is 0 Å². The van der Waals surface area contributed by atoms with Gasteiger partial charge in [0, 0.05) is 25.8 Å². The Balaban J connectivity index is 3.21. The zero-order chi connectivity index (χ0) is 14.6. The molecule has 0 spiro atoms. The number of rotatable bonds is 5. The lowest BCUT2D eigenvalue weighted by Crippen LogP contribution is -2.45. The van der Waals surface area contributed by atoms with E-state index < -0.39 is 11.2 Å². The van der Waals surface area contributed by atoms with Gasteiger partial charge in [-0.15, -0.1) is 0 Å². The second kappa shape index (κ2) is 6.21. The Morgan fingerprint density at radius 3 is 2.32 bits per heavy atom. The molecule has 0 aliphatic rings. The summed E-state index contributed by atoms with van der Waals surface area (Å²) in [5.74, 6) is -0.266. The molecule has 0 fully saturated rings. The Kier molecular flexibility index (Phi) is 4.91. The van der Waals surface area contributed by atoms with Gasteiger partial charge in [0.1, 0.15) is 12.2 Å². The van der Waals surface area contributed by atoms with Crippen LogP contribution in [-0.4, -0.2) is 33.0 Å². The molecule has 0 bridgehead atoms. The molecule has 1 aromatic heterocycles. The molecule has 0 atom stereocenters. The predicted molar refractivity (Wildman–Crippen MR) is 73.0 cm³/mol. The largest absolute Gasteiger partial charge is 0.393 e. The summed E-state index contributed by atoms with van der Waals surface area (Å²) in [4.78, 5) is 37.4. The van der Waals surface area contributed by atoms with E-state index in [4.69, 9.17) is 5.73 Å². The lowest BCUT2D eigenvalue weighted by Gasteiger charge is -2.19.